The highest BCUT2D eigenvalue weighted by Crippen LogP contribution is 2.30. The maximum absolute atomic E-state index is 12.4. The Hall–Kier alpha value is -1.36. The summed E-state index contributed by atoms with van der Waals surface area (Å²) in [6.45, 7) is 2.12. The second-order valence-corrected chi connectivity index (χ2v) is 6.54. The number of allylic oxidation sites excluding steroid dienone is 2. The number of carboxylic acids is 1. The SMILES string of the molecule is O=C(O)[C@H]1CC=CC[C@H]1C(=O)NC1CCN(C2CC2)CC1. The molecule has 2 atom stereocenters. The quantitative estimate of drug-likeness (QED) is 0.768. The summed E-state index contributed by atoms with van der Waals surface area (Å²) in [5.41, 5.74) is 0. The molecule has 5 heteroatoms. The van der Waals surface area contributed by atoms with E-state index in [2.05, 4.69) is 10.2 Å². The van der Waals surface area contributed by atoms with E-state index >= 15 is 0 Å². The van der Waals surface area contributed by atoms with Gasteiger partial charge in [0.25, 0.3) is 0 Å². The summed E-state index contributed by atoms with van der Waals surface area (Å²) in [5, 5.41) is 12.3. The first-order chi connectivity index (χ1) is 10.1. The van der Waals surface area contributed by atoms with Crippen LogP contribution >= 0.6 is 0 Å². The van der Waals surface area contributed by atoms with E-state index in [1.165, 1.54) is 12.8 Å². The van der Waals surface area contributed by atoms with Crippen LogP contribution in [0.3, 0.4) is 0 Å². The van der Waals surface area contributed by atoms with Gasteiger partial charge in [-0.1, -0.05) is 12.2 Å². The molecule has 0 radical (unpaired) electrons. The first-order valence-corrected chi connectivity index (χ1v) is 8.07. The lowest BCUT2D eigenvalue weighted by Gasteiger charge is -2.34. The zero-order valence-electron chi connectivity index (χ0n) is 12.3. The molecule has 0 aromatic heterocycles. The first-order valence-electron chi connectivity index (χ1n) is 8.07. The molecule has 0 spiro atoms. The van der Waals surface area contributed by atoms with Gasteiger partial charge in [0.05, 0.1) is 11.8 Å². The largest absolute Gasteiger partial charge is 0.481 e. The van der Waals surface area contributed by atoms with Crippen molar-refractivity contribution in [3.63, 3.8) is 0 Å². The number of hydrogen-bond acceptors (Lipinski definition) is 3. The van der Waals surface area contributed by atoms with Gasteiger partial charge in [-0.25, -0.2) is 0 Å². The average Bonchev–Trinajstić information content (AvgIpc) is 3.32. The van der Waals surface area contributed by atoms with Crippen molar-refractivity contribution in [3.8, 4) is 0 Å². The molecule has 0 unspecified atom stereocenters. The normalized spacial score (nSPS) is 31.0. The number of nitrogens with one attached hydrogen (secondary N) is 1. The van der Waals surface area contributed by atoms with Crippen molar-refractivity contribution >= 4 is 11.9 Å². The highest BCUT2D eigenvalue weighted by atomic mass is 16.4. The third-order valence-electron chi connectivity index (χ3n) is 5.03. The minimum absolute atomic E-state index is 0.0726. The Balaban J connectivity index is 1.51. The maximum atomic E-state index is 12.4. The first kappa shape index (κ1) is 14.6. The predicted molar refractivity (Wildman–Crippen MR) is 78.7 cm³/mol. The summed E-state index contributed by atoms with van der Waals surface area (Å²) >= 11 is 0. The van der Waals surface area contributed by atoms with Gasteiger partial charge in [0, 0.05) is 25.2 Å². The highest BCUT2D eigenvalue weighted by Gasteiger charge is 2.36. The number of nitrogens with zero attached hydrogens (tertiary/aromatic N) is 1. The fraction of sp³-hybridized carbons (Fsp3) is 0.750. The van der Waals surface area contributed by atoms with Crippen LogP contribution in [-0.2, 0) is 9.59 Å². The van der Waals surface area contributed by atoms with E-state index in [-0.39, 0.29) is 11.9 Å². The van der Waals surface area contributed by atoms with Crippen LogP contribution in [0.4, 0.5) is 0 Å². The molecule has 3 rings (SSSR count). The molecule has 1 saturated heterocycles. The third-order valence-corrected chi connectivity index (χ3v) is 5.03. The number of aliphatic carboxylic acids is 1. The van der Waals surface area contributed by atoms with Crippen LogP contribution in [0.5, 0.6) is 0 Å². The van der Waals surface area contributed by atoms with E-state index in [0.29, 0.717) is 12.8 Å². The second-order valence-electron chi connectivity index (χ2n) is 6.54. The summed E-state index contributed by atoms with van der Waals surface area (Å²) in [4.78, 5) is 26.2. The molecule has 3 aliphatic rings. The standard InChI is InChI=1S/C16H24N2O3/c19-15(13-3-1-2-4-14(13)16(20)21)17-11-7-9-18(10-8-11)12-5-6-12/h1-2,11-14H,3-10H2,(H,17,19)(H,20,21)/t13-,14+/m1/s1. The van der Waals surface area contributed by atoms with Gasteiger partial charge in [0.2, 0.25) is 5.91 Å². The molecular weight excluding hydrogens is 268 g/mol. The van der Waals surface area contributed by atoms with Crippen molar-refractivity contribution in [1.29, 1.82) is 0 Å². The molecule has 0 bridgehead atoms. The molecular formula is C16H24N2O3. The smallest absolute Gasteiger partial charge is 0.307 e. The van der Waals surface area contributed by atoms with Crippen molar-refractivity contribution in [1.82, 2.24) is 10.2 Å². The van der Waals surface area contributed by atoms with Gasteiger partial charge >= 0.3 is 5.97 Å². The highest BCUT2D eigenvalue weighted by molar-refractivity contribution is 5.85. The van der Waals surface area contributed by atoms with E-state index in [0.717, 1.165) is 32.0 Å². The average molecular weight is 292 g/mol. The molecule has 1 amide bonds. The Labute approximate surface area is 125 Å². The fourth-order valence-corrected chi connectivity index (χ4v) is 3.53. The Morgan fingerprint density at radius 2 is 1.62 bits per heavy atom. The molecule has 1 aliphatic heterocycles. The number of piperidine rings is 1. The number of hydrogen-bond donors (Lipinski definition) is 2. The van der Waals surface area contributed by atoms with E-state index in [1.807, 2.05) is 12.2 Å². The van der Waals surface area contributed by atoms with Crippen molar-refractivity contribution < 1.29 is 14.7 Å². The summed E-state index contributed by atoms with van der Waals surface area (Å²) in [5.74, 6) is -1.91. The number of carbonyl (C=O) groups excluding carboxylic acids is 1. The van der Waals surface area contributed by atoms with Crippen LogP contribution in [-0.4, -0.2) is 47.1 Å². The molecule has 0 aromatic rings. The second kappa shape index (κ2) is 6.18. The van der Waals surface area contributed by atoms with Crippen LogP contribution in [0.15, 0.2) is 12.2 Å². The summed E-state index contributed by atoms with van der Waals surface area (Å²) in [7, 11) is 0. The zero-order valence-corrected chi connectivity index (χ0v) is 12.3. The van der Waals surface area contributed by atoms with Crippen LogP contribution in [0.2, 0.25) is 0 Å². The molecule has 5 nitrogen and oxygen atoms in total. The van der Waals surface area contributed by atoms with Gasteiger partial charge in [0.15, 0.2) is 0 Å². The minimum Gasteiger partial charge on any atom is -0.481 e. The van der Waals surface area contributed by atoms with Gasteiger partial charge in [0.1, 0.15) is 0 Å². The van der Waals surface area contributed by atoms with Gasteiger partial charge in [-0.15, -0.1) is 0 Å². The lowest BCUT2D eigenvalue weighted by molar-refractivity contribution is -0.147. The van der Waals surface area contributed by atoms with Crippen LogP contribution in [0.25, 0.3) is 0 Å². The van der Waals surface area contributed by atoms with E-state index in [4.69, 9.17) is 0 Å². The molecule has 1 saturated carbocycles. The maximum Gasteiger partial charge on any atom is 0.307 e. The summed E-state index contributed by atoms with van der Waals surface area (Å²) < 4.78 is 0. The number of rotatable bonds is 4. The molecule has 1 heterocycles. The molecule has 116 valence electrons. The van der Waals surface area contributed by atoms with Crippen molar-refractivity contribution in [2.75, 3.05) is 13.1 Å². The number of carboxylic acid groups (broad SMARTS) is 1. The minimum atomic E-state index is -0.858. The topological polar surface area (TPSA) is 69.6 Å². The number of carbonyl (C=O) groups is 2. The van der Waals surface area contributed by atoms with Gasteiger partial charge in [-0.3, -0.25) is 9.59 Å². The zero-order chi connectivity index (χ0) is 14.8. The molecule has 2 N–H and O–H groups in total. The van der Waals surface area contributed by atoms with E-state index in [9.17, 15) is 14.7 Å². The van der Waals surface area contributed by atoms with Crippen LogP contribution in [0, 0.1) is 11.8 Å². The summed E-state index contributed by atoms with van der Waals surface area (Å²) in [6.07, 6.45) is 9.44. The number of likely N-dealkylation sites (tertiary alicyclic amines) is 1. The molecule has 2 aliphatic carbocycles. The van der Waals surface area contributed by atoms with Crippen molar-refractivity contribution in [2.45, 2.75) is 50.6 Å². The third kappa shape index (κ3) is 3.46. The van der Waals surface area contributed by atoms with Gasteiger partial charge in [-0.05, 0) is 38.5 Å². The van der Waals surface area contributed by atoms with Gasteiger partial charge < -0.3 is 15.3 Å². The van der Waals surface area contributed by atoms with E-state index in [1.54, 1.807) is 0 Å². The Kier molecular flexibility index (Phi) is 4.29. The lowest BCUT2D eigenvalue weighted by atomic mass is 9.82. The van der Waals surface area contributed by atoms with Gasteiger partial charge in [-0.2, -0.15) is 0 Å². The molecule has 0 aromatic carbocycles. The predicted octanol–water partition coefficient (Wildman–Crippen LogP) is 1.40. The fourth-order valence-electron chi connectivity index (χ4n) is 3.53. The van der Waals surface area contributed by atoms with E-state index < -0.39 is 17.8 Å². The monoisotopic (exact) mass is 292 g/mol. The number of amides is 1. The Morgan fingerprint density at radius 3 is 2.19 bits per heavy atom. The lowest BCUT2D eigenvalue weighted by Crippen LogP contribution is -2.48. The van der Waals surface area contributed by atoms with Crippen LogP contribution < -0.4 is 5.32 Å². The van der Waals surface area contributed by atoms with Crippen molar-refractivity contribution in [2.24, 2.45) is 11.8 Å². The molecule has 2 fully saturated rings. The summed E-state index contributed by atoms with van der Waals surface area (Å²) in [6, 6.07) is 1.01. The molecule has 21 heavy (non-hydrogen) atoms. The Morgan fingerprint density at radius 1 is 1.00 bits per heavy atom. The van der Waals surface area contributed by atoms with Crippen molar-refractivity contribution in [3.05, 3.63) is 12.2 Å². The van der Waals surface area contributed by atoms with Crippen LogP contribution in [0.1, 0.15) is 38.5 Å². The Bertz CT molecular complexity index is 437.